The molecule has 0 bridgehead atoms. The van der Waals surface area contributed by atoms with Crippen molar-refractivity contribution < 1.29 is 18.3 Å². The molecule has 0 unspecified atom stereocenters. The third-order valence-corrected chi connectivity index (χ3v) is 5.26. The first kappa shape index (κ1) is 15.2. The van der Waals surface area contributed by atoms with Gasteiger partial charge in [-0.05, 0) is 25.7 Å². The third-order valence-electron chi connectivity index (χ3n) is 4.18. The van der Waals surface area contributed by atoms with Crippen LogP contribution in [0.5, 0.6) is 0 Å². The van der Waals surface area contributed by atoms with Crippen molar-refractivity contribution >= 4 is 21.8 Å². The molecule has 1 amide bonds. The average molecular weight is 340 g/mol. The summed E-state index contributed by atoms with van der Waals surface area (Å²) in [5.74, 6) is -2.92. The van der Waals surface area contributed by atoms with Gasteiger partial charge in [0.1, 0.15) is 0 Å². The summed E-state index contributed by atoms with van der Waals surface area (Å²) in [4.78, 5) is 12.2. The summed E-state index contributed by atoms with van der Waals surface area (Å²) in [7, 11) is 0. The van der Waals surface area contributed by atoms with Crippen molar-refractivity contribution in [3.63, 3.8) is 0 Å². The lowest BCUT2D eigenvalue weighted by atomic mass is 9.84. The van der Waals surface area contributed by atoms with E-state index in [4.69, 9.17) is 4.74 Å². The van der Waals surface area contributed by atoms with Crippen LogP contribution >= 0.6 is 15.9 Å². The highest BCUT2D eigenvalue weighted by molar-refractivity contribution is 9.09. The van der Waals surface area contributed by atoms with Gasteiger partial charge in [-0.1, -0.05) is 15.9 Å². The zero-order chi connectivity index (χ0) is 13.9. The molecular weight excluding hydrogens is 320 g/mol. The number of carbonyl (C=O) groups excluding carboxylic acids is 1. The largest absolute Gasteiger partial charge is 0.381 e. The summed E-state index contributed by atoms with van der Waals surface area (Å²) >= 11 is 3.45. The number of carbonyl (C=O) groups is 1. The van der Waals surface area contributed by atoms with Gasteiger partial charge in [0, 0.05) is 37.3 Å². The first-order valence-corrected chi connectivity index (χ1v) is 7.92. The smallest absolute Gasteiger partial charge is 0.248 e. The summed E-state index contributed by atoms with van der Waals surface area (Å²) in [5.41, 5.74) is -0.269. The van der Waals surface area contributed by atoms with Gasteiger partial charge in [0.15, 0.2) is 0 Å². The van der Waals surface area contributed by atoms with Gasteiger partial charge in [0.2, 0.25) is 11.8 Å². The molecule has 0 aromatic carbocycles. The van der Waals surface area contributed by atoms with E-state index in [2.05, 4.69) is 21.2 Å². The van der Waals surface area contributed by atoms with Crippen LogP contribution in [0.25, 0.3) is 0 Å². The van der Waals surface area contributed by atoms with Gasteiger partial charge in [-0.2, -0.15) is 0 Å². The summed E-state index contributed by atoms with van der Waals surface area (Å²) in [5, 5.41) is 3.75. The molecule has 1 aliphatic heterocycles. The molecule has 2 rings (SSSR count). The molecule has 3 nitrogen and oxygen atoms in total. The minimum atomic E-state index is -2.58. The molecule has 0 atom stereocenters. The van der Waals surface area contributed by atoms with Crippen molar-refractivity contribution in [2.75, 3.05) is 18.5 Å². The highest BCUT2D eigenvalue weighted by atomic mass is 79.9. The fourth-order valence-electron chi connectivity index (χ4n) is 2.72. The van der Waals surface area contributed by atoms with Gasteiger partial charge in [-0.15, -0.1) is 0 Å². The van der Waals surface area contributed by atoms with Crippen LogP contribution < -0.4 is 5.32 Å². The minimum absolute atomic E-state index is 0.0724. The predicted octanol–water partition coefficient (Wildman–Crippen LogP) is 2.87. The highest BCUT2D eigenvalue weighted by Gasteiger charge is 2.40. The molecule has 0 aromatic rings. The Labute approximate surface area is 120 Å². The molecule has 1 saturated carbocycles. The Kier molecular flexibility index (Phi) is 4.82. The SMILES string of the molecule is O=C(NC1(CBr)CCOCC1)C1CCC(F)(F)CC1. The second-order valence-electron chi connectivity index (χ2n) is 5.65. The van der Waals surface area contributed by atoms with Crippen LogP contribution in [0.4, 0.5) is 8.78 Å². The lowest BCUT2D eigenvalue weighted by molar-refractivity contribution is -0.131. The normalized spacial score (nSPS) is 26.9. The van der Waals surface area contributed by atoms with Crippen molar-refractivity contribution in [1.29, 1.82) is 0 Å². The second-order valence-corrected chi connectivity index (χ2v) is 6.21. The number of amides is 1. The van der Waals surface area contributed by atoms with E-state index in [9.17, 15) is 13.6 Å². The Morgan fingerprint density at radius 2 is 1.79 bits per heavy atom. The molecule has 1 heterocycles. The summed E-state index contributed by atoms with van der Waals surface area (Å²) in [6.07, 6.45) is 1.77. The maximum Gasteiger partial charge on any atom is 0.248 e. The van der Waals surface area contributed by atoms with Gasteiger partial charge >= 0.3 is 0 Å². The number of ether oxygens (including phenoxy) is 1. The fraction of sp³-hybridized carbons (Fsp3) is 0.923. The number of hydrogen-bond donors (Lipinski definition) is 1. The quantitative estimate of drug-likeness (QED) is 0.803. The van der Waals surface area contributed by atoms with Crippen molar-refractivity contribution in [1.82, 2.24) is 5.32 Å². The van der Waals surface area contributed by atoms with E-state index >= 15 is 0 Å². The van der Waals surface area contributed by atoms with Crippen LogP contribution in [-0.4, -0.2) is 35.9 Å². The van der Waals surface area contributed by atoms with Gasteiger partial charge < -0.3 is 10.1 Å². The Bertz CT molecular complexity index is 323. The van der Waals surface area contributed by atoms with E-state index in [1.54, 1.807) is 0 Å². The number of nitrogens with one attached hydrogen (secondary N) is 1. The molecule has 1 N–H and O–H groups in total. The first-order valence-electron chi connectivity index (χ1n) is 6.80. The average Bonchev–Trinajstić information content (AvgIpc) is 2.39. The van der Waals surface area contributed by atoms with E-state index in [1.807, 2.05) is 0 Å². The molecule has 0 radical (unpaired) electrons. The molecule has 1 saturated heterocycles. The standard InChI is InChI=1S/C13H20BrF2NO2/c14-9-12(5-7-19-8-6-12)17-11(18)10-1-3-13(15,16)4-2-10/h10H,1-9H2,(H,17,18). The van der Waals surface area contributed by atoms with Crippen molar-refractivity contribution in [3.8, 4) is 0 Å². The highest BCUT2D eigenvalue weighted by Crippen LogP contribution is 2.36. The van der Waals surface area contributed by atoms with E-state index in [1.165, 1.54) is 0 Å². The van der Waals surface area contributed by atoms with Crippen LogP contribution in [0.3, 0.4) is 0 Å². The van der Waals surface area contributed by atoms with Crippen LogP contribution in [0, 0.1) is 5.92 Å². The Morgan fingerprint density at radius 1 is 1.21 bits per heavy atom. The van der Waals surface area contributed by atoms with Gasteiger partial charge in [-0.25, -0.2) is 8.78 Å². The molecule has 1 aliphatic carbocycles. The maximum absolute atomic E-state index is 13.1. The molecule has 110 valence electrons. The van der Waals surface area contributed by atoms with Gasteiger partial charge in [0.05, 0.1) is 5.54 Å². The van der Waals surface area contributed by atoms with E-state index in [0.29, 0.717) is 18.5 Å². The number of alkyl halides is 3. The number of halogens is 3. The topological polar surface area (TPSA) is 38.3 Å². The predicted molar refractivity (Wildman–Crippen MR) is 71.6 cm³/mol. The molecule has 2 fully saturated rings. The maximum atomic E-state index is 13.1. The second kappa shape index (κ2) is 6.04. The van der Waals surface area contributed by atoms with E-state index in [-0.39, 0.29) is 43.0 Å². The van der Waals surface area contributed by atoms with Crippen molar-refractivity contribution in [2.24, 2.45) is 5.92 Å². The number of rotatable bonds is 3. The fourth-order valence-corrected chi connectivity index (χ4v) is 3.42. The lowest BCUT2D eigenvalue weighted by Gasteiger charge is -2.38. The van der Waals surface area contributed by atoms with Crippen LogP contribution in [-0.2, 0) is 9.53 Å². The van der Waals surface area contributed by atoms with Crippen molar-refractivity contribution in [2.45, 2.75) is 50.0 Å². The summed E-state index contributed by atoms with van der Waals surface area (Å²) in [6.45, 7) is 1.27. The van der Waals surface area contributed by atoms with Gasteiger partial charge in [0.25, 0.3) is 0 Å². The van der Waals surface area contributed by atoms with Crippen molar-refractivity contribution in [3.05, 3.63) is 0 Å². The summed E-state index contributed by atoms with van der Waals surface area (Å²) < 4.78 is 31.5. The third kappa shape index (κ3) is 3.88. The van der Waals surface area contributed by atoms with Crippen LogP contribution in [0.2, 0.25) is 0 Å². The number of hydrogen-bond acceptors (Lipinski definition) is 2. The van der Waals surface area contributed by atoms with E-state index in [0.717, 1.165) is 12.8 Å². The molecule has 2 aliphatic rings. The molecular formula is C13H20BrF2NO2. The molecule has 0 aromatic heterocycles. The zero-order valence-corrected chi connectivity index (χ0v) is 12.5. The first-order chi connectivity index (χ1) is 8.96. The minimum Gasteiger partial charge on any atom is -0.381 e. The Hall–Kier alpha value is -0.230. The van der Waals surface area contributed by atoms with Crippen LogP contribution in [0.15, 0.2) is 0 Å². The molecule has 0 spiro atoms. The van der Waals surface area contributed by atoms with Gasteiger partial charge in [-0.3, -0.25) is 4.79 Å². The van der Waals surface area contributed by atoms with E-state index < -0.39 is 5.92 Å². The van der Waals surface area contributed by atoms with Crippen LogP contribution in [0.1, 0.15) is 38.5 Å². The summed E-state index contributed by atoms with van der Waals surface area (Å²) in [6, 6.07) is 0. The Balaban J connectivity index is 1.89. The zero-order valence-electron chi connectivity index (χ0n) is 10.9. The molecule has 6 heteroatoms. The monoisotopic (exact) mass is 339 g/mol. The lowest BCUT2D eigenvalue weighted by Crippen LogP contribution is -2.55. The molecule has 19 heavy (non-hydrogen) atoms. The Morgan fingerprint density at radius 3 is 2.32 bits per heavy atom.